The monoisotopic (exact) mass is 217 g/mol. The molecule has 2 atom stereocenters. The van der Waals surface area contributed by atoms with E-state index in [1.807, 2.05) is 6.92 Å². The molecule has 0 aromatic rings. The van der Waals surface area contributed by atoms with Gasteiger partial charge in [-0.3, -0.25) is 4.79 Å². The number of hydrogen-bond acceptors (Lipinski definition) is 3. The maximum absolute atomic E-state index is 11.3. The molecule has 0 fully saturated rings. The quantitative estimate of drug-likeness (QED) is 0.560. The third-order valence-electron chi connectivity index (χ3n) is 2.49. The molecule has 0 spiro atoms. The molecule has 3 N–H and O–H groups in total. The van der Waals surface area contributed by atoms with Crippen molar-refractivity contribution in [1.29, 1.82) is 0 Å². The standard InChI is InChI=1S/C11H23NO3/c1-3-10(6-7-13)8-12-11(15)5-4-9(2)14/h9-10,13-14H,3-8H2,1-2H3,(H,12,15). The van der Waals surface area contributed by atoms with Crippen LogP contribution in [0.4, 0.5) is 0 Å². The molecule has 1 amide bonds. The van der Waals surface area contributed by atoms with Gasteiger partial charge in [-0.25, -0.2) is 0 Å². The summed E-state index contributed by atoms with van der Waals surface area (Å²) in [6.45, 7) is 4.51. The van der Waals surface area contributed by atoms with Gasteiger partial charge in [0.05, 0.1) is 6.10 Å². The topological polar surface area (TPSA) is 69.6 Å². The van der Waals surface area contributed by atoms with Gasteiger partial charge in [0.15, 0.2) is 0 Å². The van der Waals surface area contributed by atoms with Crippen LogP contribution in [-0.2, 0) is 4.79 Å². The molecule has 15 heavy (non-hydrogen) atoms. The Hall–Kier alpha value is -0.610. The third-order valence-corrected chi connectivity index (χ3v) is 2.49. The van der Waals surface area contributed by atoms with Crippen molar-refractivity contribution in [3.8, 4) is 0 Å². The van der Waals surface area contributed by atoms with E-state index in [0.717, 1.165) is 12.8 Å². The van der Waals surface area contributed by atoms with Crippen LogP contribution in [0.2, 0.25) is 0 Å². The van der Waals surface area contributed by atoms with Crippen LogP contribution in [0.5, 0.6) is 0 Å². The smallest absolute Gasteiger partial charge is 0.220 e. The molecule has 0 aliphatic carbocycles. The summed E-state index contributed by atoms with van der Waals surface area (Å²) in [5, 5.41) is 20.6. The van der Waals surface area contributed by atoms with Gasteiger partial charge < -0.3 is 15.5 Å². The minimum atomic E-state index is -0.421. The fourth-order valence-corrected chi connectivity index (χ4v) is 1.32. The fraction of sp³-hybridized carbons (Fsp3) is 0.909. The van der Waals surface area contributed by atoms with E-state index in [-0.39, 0.29) is 12.5 Å². The first-order chi connectivity index (χ1) is 7.10. The Kier molecular flexibility index (Phi) is 8.33. The highest BCUT2D eigenvalue weighted by atomic mass is 16.3. The lowest BCUT2D eigenvalue weighted by atomic mass is 10.0. The minimum Gasteiger partial charge on any atom is -0.396 e. The summed E-state index contributed by atoms with van der Waals surface area (Å²) in [4.78, 5) is 11.3. The highest BCUT2D eigenvalue weighted by Gasteiger charge is 2.08. The average molecular weight is 217 g/mol. The molecule has 4 heteroatoms. The fourth-order valence-electron chi connectivity index (χ4n) is 1.32. The predicted molar refractivity (Wildman–Crippen MR) is 59.4 cm³/mol. The van der Waals surface area contributed by atoms with Crippen LogP contribution in [0.3, 0.4) is 0 Å². The van der Waals surface area contributed by atoms with Gasteiger partial charge in [0.1, 0.15) is 0 Å². The molecule has 0 aliphatic heterocycles. The number of carbonyl (C=O) groups is 1. The molecule has 0 aromatic carbocycles. The lowest BCUT2D eigenvalue weighted by Gasteiger charge is -2.14. The average Bonchev–Trinajstić information content (AvgIpc) is 2.21. The van der Waals surface area contributed by atoms with Crippen molar-refractivity contribution < 1.29 is 15.0 Å². The van der Waals surface area contributed by atoms with Crippen molar-refractivity contribution in [2.75, 3.05) is 13.2 Å². The largest absolute Gasteiger partial charge is 0.396 e. The lowest BCUT2D eigenvalue weighted by Crippen LogP contribution is -2.29. The van der Waals surface area contributed by atoms with Crippen LogP contribution in [0.15, 0.2) is 0 Å². The van der Waals surface area contributed by atoms with Crippen LogP contribution in [0, 0.1) is 5.92 Å². The first-order valence-electron chi connectivity index (χ1n) is 5.65. The molecule has 0 rings (SSSR count). The highest BCUT2D eigenvalue weighted by Crippen LogP contribution is 2.05. The van der Waals surface area contributed by atoms with Crippen molar-refractivity contribution in [3.05, 3.63) is 0 Å². The Balaban J connectivity index is 3.59. The molecular formula is C11H23NO3. The van der Waals surface area contributed by atoms with Gasteiger partial charge in [-0.05, 0) is 25.7 Å². The number of amides is 1. The van der Waals surface area contributed by atoms with E-state index in [9.17, 15) is 4.79 Å². The zero-order valence-corrected chi connectivity index (χ0v) is 9.70. The number of carbonyl (C=O) groups excluding carboxylic acids is 1. The number of nitrogens with one attached hydrogen (secondary N) is 1. The Morgan fingerprint density at radius 3 is 2.53 bits per heavy atom. The molecule has 90 valence electrons. The van der Waals surface area contributed by atoms with Crippen molar-refractivity contribution in [3.63, 3.8) is 0 Å². The number of aliphatic hydroxyl groups excluding tert-OH is 2. The first-order valence-corrected chi connectivity index (χ1v) is 5.65. The Morgan fingerprint density at radius 1 is 1.40 bits per heavy atom. The second-order valence-electron chi connectivity index (χ2n) is 3.98. The molecule has 0 bridgehead atoms. The number of hydrogen-bond donors (Lipinski definition) is 3. The van der Waals surface area contributed by atoms with E-state index >= 15 is 0 Å². The summed E-state index contributed by atoms with van der Waals surface area (Å²) < 4.78 is 0. The Morgan fingerprint density at radius 2 is 2.07 bits per heavy atom. The summed E-state index contributed by atoms with van der Waals surface area (Å²) in [7, 11) is 0. The summed E-state index contributed by atoms with van der Waals surface area (Å²) in [6.07, 6.45) is 2.13. The lowest BCUT2D eigenvalue weighted by molar-refractivity contribution is -0.121. The van der Waals surface area contributed by atoms with Crippen molar-refractivity contribution >= 4 is 5.91 Å². The molecule has 0 saturated carbocycles. The van der Waals surface area contributed by atoms with E-state index in [4.69, 9.17) is 10.2 Å². The summed E-state index contributed by atoms with van der Waals surface area (Å²) >= 11 is 0. The van der Waals surface area contributed by atoms with Crippen LogP contribution in [-0.4, -0.2) is 35.4 Å². The highest BCUT2D eigenvalue weighted by molar-refractivity contribution is 5.75. The molecule has 0 aliphatic rings. The number of rotatable bonds is 8. The van der Waals surface area contributed by atoms with E-state index in [2.05, 4.69) is 5.32 Å². The summed E-state index contributed by atoms with van der Waals surface area (Å²) in [5.41, 5.74) is 0. The first kappa shape index (κ1) is 14.4. The third kappa shape index (κ3) is 8.39. The van der Waals surface area contributed by atoms with E-state index in [1.54, 1.807) is 6.92 Å². The molecule has 2 unspecified atom stereocenters. The van der Waals surface area contributed by atoms with Crippen molar-refractivity contribution in [2.45, 2.75) is 45.6 Å². The van der Waals surface area contributed by atoms with Gasteiger partial charge in [0.25, 0.3) is 0 Å². The van der Waals surface area contributed by atoms with Gasteiger partial charge in [0.2, 0.25) is 5.91 Å². The van der Waals surface area contributed by atoms with Crippen LogP contribution < -0.4 is 5.32 Å². The van der Waals surface area contributed by atoms with Gasteiger partial charge in [-0.15, -0.1) is 0 Å². The normalized spacial score (nSPS) is 14.7. The van der Waals surface area contributed by atoms with Crippen LogP contribution >= 0.6 is 0 Å². The Bertz CT molecular complexity index is 171. The van der Waals surface area contributed by atoms with Gasteiger partial charge in [-0.1, -0.05) is 13.3 Å². The predicted octanol–water partition coefficient (Wildman–Crippen LogP) is 0.672. The zero-order chi connectivity index (χ0) is 11.7. The van der Waals surface area contributed by atoms with Crippen LogP contribution in [0.1, 0.15) is 39.5 Å². The second-order valence-corrected chi connectivity index (χ2v) is 3.98. The molecule has 0 saturated heterocycles. The van der Waals surface area contributed by atoms with E-state index in [0.29, 0.717) is 25.3 Å². The summed E-state index contributed by atoms with van der Waals surface area (Å²) in [5.74, 6) is 0.331. The zero-order valence-electron chi connectivity index (χ0n) is 9.70. The summed E-state index contributed by atoms with van der Waals surface area (Å²) in [6, 6.07) is 0. The van der Waals surface area contributed by atoms with E-state index < -0.39 is 6.10 Å². The van der Waals surface area contributed by atoms with Gasteiger partial charge in [-0.2, -0.15) is 0 Å². The molecule has 0 heterocycles. The SMILES string of the molecule is CCC(CCO)CNC(=O)CCC(C)O. The minimum absolute atomic E-state index is 0.0210. The maximum atomic E-state index is 11.3. The molecular weight excluding hydrogens is 194 g/mol. The number of aliphatic hydroxyl groups is 2. The van der Waals surface area contributed by atoms with E-state index in [1.165, 1.54) is 0 Å². The molecule has 0 aromatic heterocycles. The Labute approximate surface area is 91.7 Å². The second kappa shape index (κ2) is 8.68. The molecule has 0 radical (unpaired) electrons. The van der Waals surface area contributed by atoms with Gasteiger partial charge in [0, 0.05) is 19.6 Å². The van der Waals surface area contributed by atoms with Gasteiger partial charge >= 0.3 is 0 Å². The maximum Gasteiger partial charge on any atom is 0.220 e. The van der Waals surface area contributed by atoms with Crippen LogP contribution in [0.25, 0.3) is 0 Å². The molecule has 4 nitrogen and oxygen atoms in total. The van der Waals surface area contributed by atoms with Crippen molar-refractivity contribution in [1.82, 2.24) is 5.32 Å². The van der Waals surface area contributed by atoms with Crippen molar-refractivity contribution in [2.24, 2.45) is 5.92 Å².